The molecule has 0 aromatic heterocycles. The molecule has 32 heavy (non-hydrogen) atoms. The molecular weight excluding hydrogens is 436 g/mol. The lowest BCUT2D eigenvalue weighted by atomic mass is 10.1. The molecule has 3 rings (SSSR count). The minimum atomic E-state index is -5.83. The largest absolute Gasteiger partial charge is 0.493 e. The predicted octanol–water partition coefficient (Wildman–Crippen LogP) is 2.43. The maximum Gasteiger partial charge on any atom is 0.264 e. The molecule has 1 aliphatic rings. The van der Waals surface area contributed by atoms with Gasteiger partial charge in [0.05, 0.1) is 49.0 Å². The molecule has 0 aliphatic carbocycles. The van der Waals surface area contributed by atoms with E-state index in [0.29, 0.717) is 0 Å². The number of nitrogens with zero attached hydrogens (tertiary/aromatic N) is 1. The van der Waals surface area contributed by atoms with Crippen LogP contribution in [0.5, 0.6) is 11.5 Å². The van der Waals surface area contributed by atoms with Crippen molar-refractivity contribution in [1.82, 2.24) is 4.90 Å². The van der Waals surface area contributed by atoms with E-state index in [2.05, 4.69) is 5.32 Å². The third-order valence-corrected chi connectivity index (χ3v) is 4.92. The highest BCUT2D eigenvalue weighted by atomic mass is 32.2. The van der Waals surface area contributed by atoms with Crippen LogP contribution in [0, 0.1) is 0 Å². The second-order valence-electron chi connectivity index (χ2n) is 6.53. The van der Waals surface area contributed by atoms with Crippen molar-refractivity contribution in [2.24, 2.45) is 0 Å². The molecule has 0 spiro atoms. The van der Waals surface area contributed by atoms with Gasteiger partial charge in [-0.1, -0.05) is 12.1 Å². The number of amides is 3. The lowest BCUT2D eigenvalue weighted by Crippen LogP contribution is -2.37. The number of carbonyl (C=O) groups excluding carboxylic acids is 3. The second kappa shape index (κ2) is 8.99. The third-order valence-electron chi connectivity index (χ3n) is 4.39. The summed E-state index contributed by atoms with van der Waals surface area (Å²) in [7, 11) is -8.91. The summed E-state index contributed by atoms with van der Waals surface area (Å²) in [5.74, 6) is -4.46. The minimum absolute atomic E-state index is 0.163. The first-order valence-electron chi connectivity index (χ1n) is 13.9. The third kappa shape index (κ3) is 4.59. The Labute approximate surface area is 200 Å². The van der Waals surface area contributed by atoms with Crippen molar-refractivity contribution in [2.75, 3.05) is 30.8 Å². The molecule has 0 bridgehead atoms. The quantitative estimate of drug-likeness (QED) is 0.589. The number of ether oxygens (including phenoxy) is 2. The molecule has 0 radical (unpaired) electrons. The van der Waals surface area contributed by atoms with Gasteiger partial charge in [-0.25, -0.2) is 8.42 Å². The number of fused-ring (bicyclic) bond motifs is 1. The molecule has 0 unspecified atom stereocenters. The van der Waals surface area contributed by atoms with Crippen molar-refractivity contribution < 1.29 is 46.0 Å². The van der Waals surface area contributed by atoms with Gasteiger partial charge in [-0.05, 0) is 36.8 Å². The Kier molecular flexibility index (Phi) is 3.71. The monoisotopic (exact) mass is 470 g/mol. The molecule has 10 heteroatoms. The van der Waals surface area contributed by atoms with Crippen molar-refractivity contribution in [3.63, 3.8) is 0 Å². The van der Waals surface area contributed by atoms with E-state index in [4.69, 9.17) is 23.2 Å². The number of hydrogen-bond acceptors (Lipinski definition) is 7. The Bertz CT molecular complexity index is 1550. The van der Waals surface area contributed by atoms with Gasteiger partial charge in [0.15, 0.2) is 11.5 Å². The number of sulfone groups is 1. The molecule has 1 heterocycles. The van der Waals surface area contributed by atoms with Crippen LogP contribution < -0.4 is 14.8 Å². The molecule has 2 aromatic carbocycles. The van der Waals surface area contributed by atoms with Gasteiger partial charge < -0.3 is 14.8 Å². The molecule has 170 valence electrons. The Morgan fingerprint density at radius 2 is 2.00 bits per heavy atom. The van der Waals surface area contributed by atoms with Crippen LogP contribution >= 0.6 is 0 Å². The van der Waals surface area contributed by atoms with E-state index in [1.54, 1.807) is 0 Å². The number of methoxy groups -OCH3 is 1. The fourth-order valence-corrected chi connectivity index (χ4v) is 3.75. The maximum absolute atomic E-state index is 13.7. The summed E-state index contributed by atoms with van der Waals surface area (Å²) in [5.41, 5.74) is -5.46. The number of nitrogens with one attached hydrogen (secondary N) is 1. The average Bonchev–Trinajstić information content (AvgIpc) is 3.03. The highest BCUT2D eigenvalue weighted by molar-refractivity contribution is 7.90. The van der Waals surface area contributed by atoms with Crippen molar-refractivity contribution in [3.05, 3.63) is 53.1 Å². The number of hydrogen-bond donors (Lipinski definition) is 1. The van der Waals surface area contributed by atoms with E-state index in [1.165, 1.54) is 12.1 Å². The molecule has 2 aromatic rings. The molecule has 1 N–H and O–H groups in total. The van der Waals surface area contributed by atoms with Crippen LogP contribution in [0.4, 0.5) is 5.69 Å². The molecule has 1 aliphatic heterocycles. The summed E-state index contributed by atoms with van der Waals surface area (Å²) < 4.78 is 113. The Balaban J connectivity index is 2.35. The van der Waals surface area contributed by atoms with Crippen molar-refractivity contribution in [2.45, 2.75) is 19.9 Å². The van der Waals surface area contributed by atoms with Gasteiger partial charge >= 0.3 is 0 Å². The van der Waals surface area contributed by atoms with E-state index in [-0.39, 0.29) is 16.2 Å². The molecule has 0 fully saturated rings. The van der Waals surface area contributed by atoms with Gasteiger partial charge in [0.25, 0.3) is 11.8 Å². The lowest BCUT2D eigenvalue weighted by Gasteiger charge is -2.27. The first-order valence-corrected chi connectivity index (χ1v) is 10.4. The van der Waals surface area contributed by atoms with E-state index in [0.717, 1.165) is 38.1 Å². The zero-order valence-electron chi connectivity index (χ0n) is 26.8. The standard InChI is InChI=1S/C22H24N2O7S/c1-5-31-19-11-14(9-10-18(19)30-3)17(12-32(4,28)29)24-21(26)15-7-6-8-16(23-13(2)25)20(15)22(24)27/h6-11,17H,5,12H2,1-4H3,(H,23,25)/t17-/m1/s1/i3D3,4D3,5D2,12D2. The van der Waals surface area contributed by atoms with Crippen LogP contribution in [0.2, 0.25) is 0 Å². The first kappa shape index (κ1) is 13.2. The van der Waals surface area contributed by atoms with Crippen molar-refractivity contribution >= 4 is 33.2 Å². The van der Waals surface area contributed by atoms with Gasteiger partial charge in [-0.2, -0.15) is 0 Å². The van der Waals surface area contributed by atoms with Crippen LogP contribution in [0.3, 0.4) is 0 Å². The van der Waals surface area contributed by atoms with Crippen LogP contribution in [-0.4, -0.2) is 56.5 Å². The smallest absolute Gasteiger partial charge is 0.264 e. The summed E-state index contributed by atoms with van der Waals surface area (Å²) in [5, 5.41) is 2.34. The van der Waals surface area contributed by atoms with Gasteiger partial charge in [0.1, 0.15) is 9.84 Å². The molecule has 9 nitrogen and oxygen atoms in total. The van der Waals surface area contributed by atoms with Crippen LogP contribution in [0.15, 0.2) is 36.4 Å². The molecule has 1 atom stereocenters. The van der Waals surface area contributed by atoms with Crippen molar-refractivity contribution in [3.8, 4) is 11.5 Å². The SMILES string of the molecule is [2H]C([2H])([2H])Oc1ccc([C@H](N2C(=O)c3cccc(NC(C)=O)c3C2=O)C([2H])([2H])S(=O)(=O)C([2H])([2H])[2H])cc1OC([2H])([2H])C. The Morgan fingerprint density at radius 1 is 1.22 bits per heavy atom. The zero-order valence-corrected chi connectivity index (χ0v) is 17.6. The number of rotatable bonds is 8. The fourth-order valence-electron chi connectivity index (χ4n) is 3.22. The van der Waals surface area contributed by atoms with Gasteiger partial charge in [0.2, 0.25) is 5.91 Å². The van der Waals surface area contributed by atoms with Gasteiger partial charge in [-0.15, -0.1) is 0 Å². The molecule has 3 amide bonds. The highest BCUT2D eigenvalue weighted by Crippen LogP contribution is 2.38. The second-order valence-corrected chi connectivity index (χ2v) is 7.77. The van der Waals surface area contributed by atoms with Crippen LogP contribution in [-0.2, 0) is 14.6 Å². The lowest BCUT2D eigenvalue weighted by molar-refractivity contribution is -0.114. The molecular formula is C22H24N2O7S. The molecule has 0 saturated heterocycles. The normalized spacial score (nSPS) is 20.5. The maximum atomic E-state index is 13.7. The summed E-state index contributed by atoms with van der Waals surface area (Å²) >= 11 is 0. The topological polar surface area (TPSA) is 119 Å². The number of carbonyl (C=O) groups is 3. The predicted molar refractivity (Wildman–Crippen MR) is 118 cm³/mol. The summed E-state index contributed by atoms with van der Waals surface area (Å²) in [6.07, 6.45) is -3.97. The van der Waals surface area contributed by atoms with Gasteiger partial charge in [0, 0.05) is 20.0 Å². The molecule has 0 saturated carbocycles. The summed E-state index contributed by atoms with van der Waals surface area (Å²) in [6.45, 7) is -0.477. The van der Waals surface area contributed by atoms with E-state index in [1.807, 2.05) is 0 Å². The minimum Gasteiger partial charge on any atom is -0.493 e. The van der Waals surface area contributed by atoms with Crippen LogP contribution in [0.1, 0.15) is 59.9 Å². The van der Waals surface area contributed by atoms with E-state index >= 15 is 0 Å². The summed E-state index contributed by atoms with van der Waals surface area (Å²) in [6, 6.07) is 3.60. The Hall–Kier alpha value is -3.40. The van der Waals surface area contributed by atoms with Crippen LogP contribution in [0.25, 0.3) is 0 Å². The Morgan fingerprint density at radius 3 is 2.66 bits per heavy atom. The summed E-state index contributed by atoms with van der Waals surface area (Å²) in [4.78, 5) is 39.1. The fraction of sp³-hybridized carbons (Fsp3) is 0.318. The van der Waals surface area contributed by atoms with Gasteiger partial charge in [-0.3, -0.25) is 19.3 Å². The number of imide groups is 1. The highest BCUT2D eigenvalue weighted by Gasteiger charge is 2.43. The number of benzene rings is 2. The number of anilines is 1. The van der Waals surface area contributed by atoms with Crippen molar-refractivity contribution in [1.29, 1.82) is 0 Å². The zero-order chi connectivity index (χ0) is 32.2. The first-order chi connectivity index (χ1) is 18.9. The average molecular weight is 471 g/mol. The van der Waals surface area contributed by atoms with E-state index in [9.17, 15) is 22.8 Å². The van der Waals surface area contributed by atoms with E-state index < -0.39 is 81.7 Å².